The van der Waals surface area contributed by atoms with Crippen LogP contribution in [0.5, 0.6) is 0 Å². The molecule has 0 fully saturated rings. The SMILES string of the molecule is C[C@H]1Cc2nn(CC(C)(C)O)cc2-c2onc([C@@](C)(O)C(F)(F)F)c21. The minimum Gasteiger partial charge on any atom is -0.389 e. The molecule has 0 saturated heterocycles. The van der Waals surface area contributed by atoms with Crippen molar-refractivity contribution in [2.75, 3.05) is 0 Å². The van der Waals surface area contributed by atoms with Gasteiger partial charge in [0, 0.05) is 11.8 Å². The third-order valence-corrected chi connectivity index (χ3v) is 4.37. The predicted molar refractivity (Wildman–Crippen MR) is 81.8 cm³/mol. The van der Waals surface area contributed by atoms with E-state index in [9.17, 15) is 23.4 Å². The highest BCUT2D eigenvalue weighted by Gasteiger charge is 2.55. The zero-order valence-electron chi connectivity index (χ0n) is 14.3. The Balaban J connectivity index is 2.09. The van der Waals surface area contributed by atoms with Crippen molar-refractivity contribution in [3.8, 4) is 11.3 Å². The molecule has 0 bridgehead atoms. The summed E-state index contributed by atoms with van der Waals surface area (Å²) in [7, 11) is 0. The van der Waals surface area contributed by atoms with Crippen molar-refractivity contribution in [2.24, 2.45) is 0 Å². The van der Waals surface area contributed by atoms with Gasteiger partial charge in [-0.1, -0.05) is 12.1 Å². The second-order valence-electron chi connectivity index (χ2n) is 7.45. The van der Waals surface area contributed by atoms with E-state index in [4.69, 9.17) is 4.52 Å². The standard InChI is InChI=1S/C16H20F3N3O3/c1-8-5-10-9(6-22(20-10)7-14(2,3)23)12-11(8)13(21-25-12)15(4,24)16(17,18)19/h6,8,23-24H,5,7H2,1-4H3/t8-,15+/m0/s1. The molecule has 2 aromatic rings. The number of nitrogens with zero attached hydrogens (tertiary/aromatic N) is 3. The summed E-state index contributed by atoms with van der Waals surface area (Å²) in [6, 6.07) is 0. The summed E-state index contributed by atoms with van der Waals surface area (Å²) in [6.07, 6.45) is -2.86. The Morgan fingerprint density at radius 1 is 1.28 bits per heavy atom. The molecule has 0 radical (unpaired) electrons. The maximum Gasteiger partial charge on any atom is 0.422 e. The second kappa shape index (κ2) is 5.31. The summed E-state index contributed by atoms with van der Waals surface area (Å²) in [5.41, 5.74) is -3.15. The van der Waals surface area contributed by atoms with Crippen LogP contribution in [0.15, 0.2) is 10.7 Å². The molecular formula is C16H20F3N3O3. The molecule has 2 atom stereocenters. The van der Waals surface area contributed by atoms with Gasteiger partial charge in [-0.05, 0) is 33.1 Å². The van der Waals surface area contributed by atoms with Gasteiger partial charge in [0.15, 0.2) is 5.76 Å². The summed E-state index contributed by atoms with van der Waals surface area (Å²) < 4.78 is 46.3. The van der Waals surface area contributed by atoms with Crippen molar-refractivity contribution >= 4 is 0 Å². The molecule has 1 aliphatic rings. The van der Waals surface area contributed by atoms with Crippen molar-refractivity contribution in [2.45, 2.75) is 64.0 Å². The lowest BCUT2D eigenvalue weighted by Gasteiger charge is -2.27. The maximum absolute atomic E-state index is 13.2. The maximum atomic E-state index is 13.2. The Morgan fingerprint density at radius 2 is 1.92 bits per heavy atom. The number of aliphatic hydroxyl groups is 2. The number of halogens is 3. The summed E-state index contributed by atoms with van der Waals surface area (Å²) in [6.45, 7) is 5.91. The summed E-state index contributed by atoms with van der Waals surface area (Å²) in [5, 5.41) is 27.8. The van der Waals surface area contributed by atoms with Crippen LogP contribution in [-0.2, 0) is 18.6 Å². The predicted octanol–water partition coefficient (Wildman–Crippen LogP) is 2.74. The van der Waals surface area contributed by atoms with Crippen LogP contribution in [0.2, 0.25) is 0 Å². The fourth-order valence-corrected chi connectivity index (χ4v) is 3.11. The Bertz CT molecular complexity index is 800. The molecule has 2 N–H and O–H groups in total. The number of aromatic nitrogens is 3. The van der Waals surface area contributed by atoms with Gasteiger partial charge in [-0.25, -0.2) is 0 Å². The number of fused-ring (bicyclic) bond motifs is 3. The first-order chi connectivity index (χ1) is 11.3. The van der Waals surface area contributed by atoms with E-state index < -0.39 is 23.1 Å². The molecule has 2 aromatic heterocycles. The number of hydrogen-bond donors (Lipinski definition) is 2. The molecule has 6 nitrogen and oxygen atoms in total. The van der Waals surface area contributed by atoms with E-state index in [1.807, 2.05) is 0 Å². The third kappa shape index (κ3) is 2.95. The van der Waals surface area contributed by atoms with Crippen LogP contribution in [0.25, 0.3) is 11.3 Å². The van der Waals surface area contributed by atoms with E-state index >= 15 is 0 Å². The lowest BCUT2D eigenvalue weighted by Crippen LogP contribution is -2.40. The molecule has 0 unspecified atom stereocenters. The minimum absolute atomic E-state index is 0.190. The van der Waals surface area contributed by atoms with Crippen LogP contribution >= 0.6 is 0 Å². The molecule has 9 heteroatoms. The van der Waals surface area contributed by atoms with Crippen molar-refractivity contribution in [3.05, 3.63) is 23.1 Å². The van der Waals surface area contributed by atoms with Crippen LogP contribution < -0.4 is 0 Å². The zero-order valence-corrected chi connectivity index (χ0v) is 14.3. The fraction of sp³-hybridized carbons (Fsp3) is 0.625. The van der Waals surface area contributed by atoms with E-state index in [0.717, 1.165) is 0 Å². The largest absolute Gasteiger partial charge is 0.422 e. The highest BCUT2D eigenvalue weighted by atomic mass is 19.4. The molecule has 0 saturated carbocycles. The normalized spacial score (nSPS) is 20.1. The molecule has 1 aliphatic carbocycles. The Morgan fingerprint density at radius 3 is 2.48 bits per heavy atom. The zero-order chi connectivity index (χ0) is 18.8. The minimum atomic E-state index is -4.87. The number of hydrogen-bond acceptors (Lipinski definition) is 5. The third-order valence-electron chi connectivity index (χ3n) is 4.37. The lowest BCUT2D eigenvalue weighted by molar-refractivity contribution is -0.261. The Hall–Kier alpha value is -1.87. The summed E-state index contributed by atoms with van der Waals surface area (Å²) in [4.78, 5) is 0. The molecule has 138 valence electrons. The van der Waals surface area contributed by atoms with E-state index in [1.54, 1.807) is 27.0 Å². The van der Waals surface area contributed by atoms with E-state index in [1.165, 1.54) is 4.68 Å². The quantitative estimate of drug-likeness (QED) is 0.880. The van der Waals surface area contributed by atoms with Gasteiger partial charge in [-0.3, -0.25) is 4.68 Å². The molecular weight excluding hydrogens is 339 g/mol. The van der Waals surface area contributed by atoms with Gasteiger partial charge in [-0.15, -0.1) is 0 Å². The summed E-state index contributed by atoms with van der Waals surface area (Å²) >= 11 is 0. The van der Waals surface area contributed by atoms with Gasteiger partial charge in [0.2, 0.25) is 5.60 Å². The van der Waals surface area contributed by atoms with Crippen molar-refractivity contribution < 1.29 is 27.9 Å². The van der Waals surface area contributed by atoms with Crippen molar-refractivity contribution in [3.63, 3.8) is 0 Å². The van der Waals surface area contributed by atoms with E-state index in [2.05, 4.69) is 10.3 Å². The number of alkyl halides is 3. The molecule has 0 amide bonds. The average Bonchev–Trinajstić information content (AvgIpc) is 2.99. The van der Waals surface area contributed by atoms with Gasteiger partial charge in [0.05, 0.1) is 23.4 Å². The Labute approximate surface area is 142 Å². The van der Waals surface area contributed by atoms with Crippen molar-refractivity contribution in [1.29, 1.82) is 0 Å². The van der Waals surface area contributed by atoms with Crippen LogP contribution in [0, 0.1) is 0 Å². The number of rotatable bonds is 3. The highest BCUT2D eigenvalue weighted by molar-refractivity contribution is 5.68. The van der Waals surface area contributed by atoms with Gasteiger partial charge >= 0.3 is 6.18 Å². The van der Waals surface area contributed by atoms with Crippen LogP contribution in [0.4, 0.5) is 13.2 Å². The summed E-state index contributed by atoms with van der Waals surface area (Å²) in [5.74, 6) is -0.154. The molecule has 25 heavy (non-hydrogen) atoms. The molecule has 0 aromatic carbocycles. The Kier molecular flexibility index (Phi) is 3.81. The first-order valence-corrected chi connectivity index (χ1v) is 7.89. The van der Waals surface area contributed by atoms with Gasteiger partial charge in [0.1, 0.15) is 5.69 Å². The monoisotopic (exact) mass is 359 g/mol. The van der Waals surface area contributed by atoms with Gasteiger partial charge < -0.3 is 14.7 Å². The topological polar surface area (TPSA) is 84.3 Å². The van der Waals surface area contributed by atoms with Crippen LogP contribution in [0.3, 0.4) is 0 Å². The molecule has 3 rings (SSSR count). The molecule has 0 aliphatic heterocycles. The molecule has 2 heterocycles. The van der Waals surface area contributed by atoms with Crippen LogP contribution in [-0.4, -0.2) is 36.9 Å². The second-order valence-corrected chi connectivity index (χ2v) is 7.45. The van der Waals surface area contributed by atoms with E-state index in [-0.39, 0.29) is 23.8 Å². The fourth-order valence-electron chi connectivity index (χ4n) is 3.11. The average molecular weight is 359 g/mol. The van der Waals surface area contributed by atoms with E-state index in [0.29, 0.717) is 24.6 Å². The smallest absolute Gasteiger partial charge is 0.389 e. The molecule has 0 spiro atoms. The first-order valence-electron chi connectivity index (χ1n) is 7.89. The first kappa shape index (κ1) is 17.9. The lowest BCUT2D eigenvalue weighted by atomic mass is 9.82. The van der Waals surface area contributed by atoms with Crippen molar-refractivity contribution in [1.82, 2.24) is 14.9 Å². The van der Waals surface area contributed by atoms with Gasteiger partial charge in [0.25, 0.3) is 0 Å². The highest BCUT2D eigenvalue weighted by Crippen LogP contribution is 2.47. The van der Waals surface area contributed by atoms with Crippen LogP contribution in [0.1, 0.15) is 50.6 Å². The van der Waals surface area contributed by atoms with Gasteiger partial charge in [-0.2, -0.15) is 18.3 Å².